The largest absolute Gasteiger partial charge is 0.508 e. The van der Waals surface area contributed by atoms with Crippen LogP contribution in [-0.2, 0) is 6.54 Å². The van der Waals surface area contributed by atoms with Crippen LogP contribution in [0.1, 0.15) is 15.9 Å². The van der Waals surface area contributed by atoms with Crippen molar-refractivity contribution in [2.24, 2.45) is 11.8 Å². The maximum Gasteiger partial charge on any atom is 0.253 e. The Bertz CT molecular complexity index is 703. The number of aromatic hydroxyl groups is 1. The monoisotopic (exact) mass is 323 g/mol. The Morgan fingerprint density at radius 3 is 2.25 bits per heavy atom. The Kier molecular flexibility index (Phi) is 3.94. The molecule has 1 aromatic carbocycles. The van der Waals surface area contributed by atoms with Gasteiger partial charge in [-0.25, -0.2) is 0 Å². The van der Waals surface area contributed by atoms with E-state index in [1.165, 1.54) is 5.56 Å². The number of likely N-dealkylation sites (tertiary alicyclic amines) is 2. The van der Waals surface area contributed by atoms with Gasteiger partial charge >= 0.3 is 0 Å². The highest BCUT2D eigenvalue weighted by Gasteiger charge is 2.41. The molecule has 0 aliphatic carbocycles. The topological polar surface area (TPSA) is 56.7 Å². The number of carbonyl (C=O) groups is 1. The summed E-state index contributed by atoms with van der Waals surface area (Å²) in [5.41, 5.74) is 1.95. The van der Waals surface area contributed by atoms with E-state index >= 15 is 0 Å². The summed E-state index contributed by atoms with van der Waals surface area (Å²) >= 11 is 0. The van der Waals surface area contributed by atoms with Gasteiger partial charge in [-0.2, -0.15) is 0 Å². The standard InChI is InChI=1S/C19H21N3O2/c23-18-3-1-14(2-4-18)9-21-10-16-12-22(13-17(16)11-21)19(24)15-5-7-20-8-6-15/h1-8,16-17,23H,9-13H2. The maximum absolute atomic E-state index is 12.5. The third kappa shape index (κ3) is 2.99. The third-order valence-electron chi connectivity index (χ3n) is 5.12. The number of pyridine rings is 1. The number of benzene rings is 1. The van der Waals surface area contributed by atoms with Crippen LogP contribution in [0.25, 0.3) is 0 Å². The van der Waals surface area contributed by atoms with E-state index in [4.69, 9.17) is 0 Å². The fraction of sp³-hybridized carbons (Fsp3) is 0.368. The van der Waals surface area contributed by atoms with Crippen molar-refractivity contribution < 1.29 is 9.90 Å². The van der Waals surface area contributed by atoms with Gasteiger partial charge < -0.3 is 10.0 Å². The van der Waals surface area contributed by atoms with Gasteiger partial charge in [0.15, 0.2) is 0 Å². The van der Waals surface area contributed by atoms with Crippen LogP contribution in [-0.4, -0.2) is 52.0 Å². The van der Waals surface area contributed by atoms with E-state index in [-0.39, 0.29) is 5.91 Å². The van der Waals surface area contributed by atoms with Gasteiger partial charge in [-0.3, -0.25) is 14.7 Å². The number of nitrogens with zero attached hydrogens (tertiary/aromatic N) is 3. The van der Waals surface area contributed by atoms with Crippen molar-refractivity contribution in [3.63, 3.8) is 0 Å². The molecule has 2 unspecified atom stereocenters. The van der Waals surface area contributed by atoms with Crippen molar-refractivity contribution in [3.05, 3.63) is 59.9 Å². The van der Waals surface area contributed by atoms with Crippen molar-refractivity contribution in [1.82, 2.24) is 14.8 Å². The number of rotatable bonds is 3. The first-order chi connectivity index (χ1) is 11.7. The highest BCUT2D eigenvalue weighted by molar-refractivity contribution is 5.94. The van der Waals surface area contributed by atoms with E-state index in [9.17, 15) is 9.90 Å². The lowest BCUT2D eigenvalue weighted by Gasteiger charge is -2.21. The molecule has 5 nitrogen and oxygen atoms in total. The van der Waals surface area contributed by atoms with Crippen molar-refractivity contribution in [1.29, 1.82) is 0 Å². The van der Waals surface area contributed by atoms with Crippen LogP contribution in [0.2, 0.25) is 0 Å². The van der Waals surface area contributed by atoms with Crippen LogP contribution in [0.15, 0.2) is 48.8 Å². The first kappa shape index (κ1) is 15.1. The predicted molar refractivity (Wildman–Crippen MR) is 90.5 cm³/mol. The lowest BCUT2D eigenvalue weighted by atomic mass is 10.0. The number of hydrogen-bond donors (Lipinski definition) is 1. The van der Waals surface area contributed by atoms with E-state index in [1.807, 2.05) is 17.0 Å². The molecule has 0 saturated carbocycles. The van der Waals surface area contributed by atoms with Crippen LogP contribution in [0, 0.1) is 11.8 Å². The molecule has 2 atom stereocenters. The molecule has 5 heteroatoms. The molecule has 0 spiro atoms. The normalized spacial score (nSPS) is 23.4. The smallest absolute Gasteiger partial charge is 0.253 e. The highest BCUT2D eigenvalue weighted by Crippen LogP contribution is 2.32. The average molecular weight is 323 g/mol. The van der Waals surface area contributed by atoms with Crippen LogP contribution in [0.4, 0.5) is 0 Å². The molecule has 1 N–H and O–H groups in total. The zero-order valence-electron chi connectivity index (χ0n) is 13.5. The molecular weight excluding hydrogens is 302 g/mol. The summed E-state index contributed by atoms with van der Waals surface area (Å²) in [6, 6.07) is 11.0. The van der Waals surface area contributed by atoms with Crippen molar-refractivity contribution >= 4 is 5.91 Å². The number of fused-ring (bicyclic) bond motifs is 1. The second-order valence-electron chi connectivity index (χ2n) is 6.83. The highest BCUT2D eigenvalue weighted by atomic mass is 16.3. The third-order valence-corrected chi connectivity index (χ3v) is 5.12. The van der Waals surface area contributed by atoms with Gasteiger partial charge in [0.2, 0.25) is 0 Å². The van der Waals surface area contributed by atoms with E-state index in [1.54, 1.807) is 36.7 Å². The minimum atomic E-state index is 0.122. The number of aromatic nitrogens is 1. The SMILES string of the molecule is O=C(c1ccncc1)N1CC2CN(Cc3ccc(O)cc3)CC2C1. The van der Waals surface area contributed by atoms with Crippen LogP contribution >= 0.6 is 0 Å². The van der Waals surface area contributed by atoms with Crippen molar-refractivity contribution in [3.8, 4) is 5.75 Å². The van der Waals surface area contributed by atoms with Gasteiger partial charge in [0.25, 0.3) is 5.91 Å². The Labute approximate surface area is 141 Å². The minimum Gasteiger partial charge on any atom is -0.508 e. The molecule has 2 aliphatic heterocycles. The lowest BCUT2D eigenvalue weighted by molar-refractivity contribution is 0.0773. The minimum absolute atomic E-state index is 0.122. The molecule has 24 heavy (non-hydrogen) atoms. The van der Waals surface area contributed by atoms with E-state index in [2.05, 4.69) is 9.88 Å². The predicted octanol–water partition coefficient (Wildman–Crippen LogP) is 1.99. The van der Waals surface area contributed by atoms with Gasteiger partial charge in [-0.1, -0.05) is 12.1 Å². The maximum atomic E-state index is 12.5. The average Bonchev–Trinajstić information content (AvgIpc) is 3.15. The molecular formula is C19H21N3O2. The summed E-state index contributed by atoms with van der Waals surface area (Å²) in [4.78, 5) is 21.0. The molecule has 0 radical (unpaired) electrons. The quantitative estimate of drug-likeness (QED) is 0.938. The fourth-order valence-electron chi connectivity index (χ4n) is 3.92. The summed E-state index contributed by atoms with van der Waals surface area (Å²) in [5.74, 6) is 1.56. The molecule has 1 aromatic heterocycles. The van der Waals surface area contributed by atoms with Gasteiger partial charge in [-0.05, 0) is 41.7 Å². The zero-order valence-corrected chi connectivity index (χ0v) is 13.5. The Morgan fingerprint density at radius 2 is 1.62 bits per heavy atom. The van der Waals surface area contributed by atoms with Crippen LogP contribution in [0.5, 0.6) is 5.75 Å². The van der Waals surface area contributed by atoms with Gasteiger partial charge in [0.1, 0.15) is 5.75 Å². The van der Waals surface area contributed by atoms with Gasteiger partial charge in [0.05, 0.1) is 0 Å². The number of hydrogen-bond acceptors (Lipinski definition) is 4. The summed E-state index contributed by atoms with van der Waals surface area (Å²) in [7, 11) is 0. The Hall–Kier alpha value is -2.40. The van der Waals surface area contributed by atoms with E-state index in [0.29, 0.717) is 17.6 Å². The van der Waals surface area contributed by atoms with E-state index in [0.717, 1.165) is 38.3 Å². The fourth-order valence-corrected chi connectivity index (χ4v) is 3.92. The number of phenolic OH excluding ortho intramolecular Hbond substituents is 1. The van der Waals surface area contributed by atoms with Crippen molar-refractivity contribution in [2.45, 2.75) is 6.54 Å². The Morgan fingerprint density at radius 1 is 1.00 bits per heavy atom. The number of phenols is 1. The molecule has 124 valence electrons. The zero-order chi connectivity index (χ0) is 16.5. The summed E-state index contributed by atoms with van der Waals surface area (Å²) < 4.78 is 0. The number of amides is 1. The molecule has 2 fully saturated rings. The Balaban J connectivity index is 1.35. The summed E-state index contributed by atoms with van der Waals surface area (Å²) in [6.07, 6.45) is 3.34. The molecule has 1 amide bonds. The molecule has 3 heterocycles. The van der Waals surface area contributed by atoms with Crippen LogP contribution < -0.4 is 0 Å². The molecule has 4 rings (SSSR count). The van der Waals surface area contributed by atoms with E-state index < -0.39 is 0 Å². The number of carbonyl (C=O) groups excluding carboxylic acids is 1. The van der Waals surface area contributed by atoms with Crippen LogP contribution in [0.3, 0.4) is 0 Å². The second-order valence-corrected chi connectivity index (χ2v) is 6.83. The first-order valence-electron chi connectivity index (χ1n) is 8.38. The summed E-state index contributed by atoms with van der Waals surface area (Å²) in [6.45, 7) is 4.67. The lowest BCUT2D eigenvalue weighted by Crippen LogP contribution is -2.33. The van der Waals surface area contributed by atoms with Crippen molar-refractivity contribution in [2.75, 3.05) is 26.2 Å². The molecule has 2 aliphatic rings. The summed E-state index contributed by atoms with van der Waals surface area (Å²) in [5, 5.41) is 9.37. The first-order valence-corrected chi connectivity index (χ1v) is 8.38. The molecule has 0 bridgehead atoms. The van der Waals surface area contributed by atoms with Gasteiger partial charge in [0, 0.05) is 50.7 Å². The van der Waals surface area contributed by atoms with Gasteiger partial charge in [-0.15, -0.1) is 0 Å². The second kappa shape index (κ2) is 6.24. The molecule has 2 aromatic rings. The molecule has 2 saturated heterocycles.